The highest BCUT2D eigenvalue weighted by atomic mass is 35.5. The smallest absolute Gasteiger partial charge is 0.359 e. The van der Waals surface area contributed by atoms with E-state index in [4.69, 9.17) is 31.2 Å². The molecule has 0 saturated carbocycles. The summed E-state index contributed by atoms with van der Waals surface area (Å²) < 4.78 is 17.5. The van der Waals surface area contributed by atoms with Gasteiger partial charge in [-0.2, -0.15) is 0 Å². The Morgan fingerprint density at radius 3 is 2.64 bits per heavy atom. The van der Waals surface area contributed by atoms with Crippen LogP contribution in [-0.4, -0.2) is 42.0 Å². The molecule has 0 radical (unpaired) electrons. The summed E-state index contributed by atoms with van der Waals surface area (Å²) in [6.07, 6.45) is 1.40. The minimum absolute atomic E-state index is 0.0582. The first kappa shape index (κ1) is 28.3. The number of aromatic nitrogens is 1. The summed E-state index contributed by atoms with van der Waals surface area (Å²) in [4.78, 5) is 35.2. The monoisotopic (exact) mass is 552 g/mol. The van der Waals surface area contributed by atoms with E-state index in [0.717, 1.165) is 5.56 Å². The minimum Gasteiger partial charge on any atom is -0.455 e. The minimum atomic E-state index is -0.712. The first-order valence-corrected chi connectivity index (χ1v) is 13.1. The third kappa shape index (κ3) is 6.15. The topological polar surface area (TPSA) is 129 Å². The van der Waals surface area contributed by atoms with Crippen molar-refractivity contribution >= 4 is 45.5 Å². The van der Waals surface area contributed by atoms with Gasteiger partial charge in [-0.25, -0.2) is 9.78 Å². The van der Waals surface area contributed by atoms with E-state index in [2.05, 4.69) is 15.3 Å². The van der Waals surface area contributed by atoms with Crippen LogP contribution in [0.5, 0.6) is 0 Å². The number of halogens is 1. The predicted molar refractivity (Wildman–Crippen MR) is 154 cm³/mol. The molecule has 0 bridgehead atoms. The number of rotatable bonds is 6. The fraction of sp³-hybridized carbons (Fsp3) is 0.379. The zero-order chi connectivity index (χ0) is 28.5. The molecular weight excluding hydrogens is 520 g/mol. The molecule has 0 spiro atoms. The van der Waals surface area contributed by atoms with E-state index in [1.807, 2.05) is 19.9 Å². The number of fused-ring (bicyclic) bond motifs is 1. The Kier molecular flexibility index (Phi) is 8.13. The second-order valence-electron chi connectivity index (χ2n) is 10.5. The van der Waals surface area contributed by atoms with E-state index in [1.54, 1.807) is 45.9 Å². The van der Waals surface area contributed by atoms with Gasteiger partial charge in [-0.05, 0) is 65.3 Å². The number of carbonyl (C=O) groups excluding carboxylic acids is 1. The summed E-state index contributed by atoms with van der Waals surface area (Å²) in [5, 5.41) is 3.94. The van der Waals surface area contributed by atoms with Crippen molar-refractivity contribution in [1.82, 2.24) is 4.98 Å². The fourth-order valence-electron chi connectivity index (χ4n) is 4.42. The number of ether oxygens (including phenoxy) is 2. The molecule has 1 aromatic carbocycles. The number of hydrogen-bond acceptors (Lipinski definition) is 9. The van der Waals surface area contributed by atoms with Crippen LogP contribution in [0.15, 0.2) is 44.7 Å². The van der Waals surface area contributed by atoms with Gasteiger partial charge in [-0.1, -0.05) is 17.7 Å². The molecule has 1 aliphatic heterocycles. The quantitative estimate of drug-likeness (QED) is 0.309. The highest BCUT2D eigenvalue weighted by Gasteiger charge is 2.26. The van der Waals surface area contributed by atoms with Gasteiger partial charge in [0.15, 0.2) is 11.1 Å². The molecule has 3 heterocycles. The Morgan fingerprint density at radius 1 is 1.26 bits per heavy atom. The maximum atomic E-state index is 13.5. The highest BCUT2D eigenvalue weighted by Crippen LogP contribution is 2.32. The van der Waals surface area contributed by atoms with Gasteiger partial charge in [-0.15, -0.1) is 0 Å². The van der Waals surface area contributed by atoms with Crippen LogP contribution in [0.1, 0.15) is 66.7 Å². The van der Waals surface area contributed by atoms with E-state index < -0.39 is 17.6 Å². The maximum absolute atomic E-state index is 13.5. The number of nitrogens with one attached hydrogen (secondary N) is 1. The van der Waals surface area contributed by atoms with E-state index in [0.29, 0.717) is 58.0 Å². The molecule has 1 atom stereocenters. The number of pyridine rings is 1. The van der Waals surface area contributed by atoms with E-state index >= 15 is 0 Å². The largest absolute Gasteiger partial charge is 0.455 e. The van der Waals surface area contributed by atoms with Crippen LogP contribution in [0.25, 0.3) is 16.5 Å². The summed E-state index contributed by atoms with van der Waals surface area (Å²) in [5.41, 5.74) is 9.18. The molecule has 10 heteroatoms. The van der Waals surface area contributed by atoms with E-state index in [1.165, 1.54) is 6.20 Å². The molecule has 9 nitrogen and oxygen atoms in total. The van der Waals surface area contributed by atoms with Crippen molar-refractivity contribution in [3.8, 4) is 0 Å². The Labute approximate surface area is 232 Å². The lowest BCUT2D eigenvalue weighted by Crippen LogP contribution is -2.25. The zero-order valence-corrected chi connectivity index (χ0v) is 23.7. The van der Waals surface area contributed by atoms with Gasteiger partial charge in [0.2, 0.25) is 0 Å². The second kappa shape index (κ2) is 11.2. The zero-order valence-electron chi connectivity index (χ0n) is 23.0. The molecule has 206 valence electrons. The van der Waals surface area contributed by atoms with Gasteiger partial charge in [0.05, 0.1) is 48.2 Å². The number of carbonyl (C=O) groups is 1. The average Bonchev–Trinajstić information content (AvgIpc) is 2.88. The molecular formula is C29H33ClN4O5. The molecule has 3 N–H and O–H groups in total. The third-order valence-electron chi connectivity index (χ3n) is 6.18. The third-order valence-corrected chi connectivity index (χ3v) is 6.39. The summed E-state index contributed by atoms with van der Waals surface area (Å²) in [6, 6.07) is 6.59. The van der Waals surface area contributed by atoms with Crippen molar-refractivity contribution in [2.75, 3.05) is 25.1 Å². The van der Waals surface area contributed by atoms with Crippen molar-refractivity contribution in [3.63, 3.8) is 0 Å². The van der Waals surface area contributed by atoms with Crippen LogP contribution in [0.3, 0.4) is 0 Å². The van der Waals surface area contributed by atoms with Crippen molar-refractivity contribution in [3.05, 3.63) is 74.0 Å². The van der Waals surface area contributed by atoms with Crippen molar-refractivity contribution in [2.24, 2.45) is 10.7 Å². The number of hydrogen-bond donors (Lipinski definition) is 2. The Hall–Kier alpha value is -3.69. The van der Waals surface area contributed by atoms with Crippen LogP contribution in [0.2, 0.25) is 5.15 Å². The lowest BCUT2D eigenvalue weighted by Gasteiger charge is -2.22. The van der Waals surface area contributed by atoms with Crippen LogP contribution >= 0.6 is 11.6 Å². The Balaban J connectivity index is 1.82. The molecule has 1 aliphatic rings. The molecule has 2 aromatic heterocycles. The molecule has 0 saturated heterocycles. The second-order valence-corrected chi connectivity index (χ2v) is 10.9. The number of aryl methyl sites for hydroxylation is 1. The lowest BCUT2D eigenvalue weighted by molar-refractivity contribution is 0.00640. The molecule has 3 aromatic rings. The highest BCUT2D eigenvalue weighted by molar-refractivity contribution is 6.29. The normalized spacial score (nSPS) is 15.2. The number of aliphatic imine (C=N–C) groups is 1. The Bertz CT molecular complexity index is 1550. The molecule has 0 amide bonds. The first-order valence-electron chi connectivity index (χ1n) is 12.7. The first-order chi connectivity index (χ1) is 18.4. The number of nitrogens with zero attached hydrogens (tertiary/aromatic N) is 2. The number of nitrogens with two attached hydrogens (primary N) is 1. The van der Waals surface area contributed by atoms with Gasteiger partial charge < -0.3 is 24.9 Å². The van der Waals surface area contributed by atoms with Crippen molar-refractivity contribution in [1.29, 1.82) is 0 Å². The van der Waals surface area contributed by atoms with Gasteiger partial charge in [0.1, 0.15) is 22.1 Å². The molecule has 1 unspecified atom stereocenters. The summed E-state index contributed by atoms with van der Waals surface area (Å²) in [6.45, 7) is 12.2. The molecule has 0 fully saturated rings. The average molecular weight is 553 g/mol. The van der Waals surface area contributed by atoms with Crippen LogP contribution in [-0.2, 0) is 9.47 Å². The fourth-order valence-corrected chi connectivity index (χ4v) is 4.56. The standard InChI is InChI=1S/C29H33ClN4O5/c1-15-11-18(17(3)33-21-7-8-23(30)34-24(21)28(36)39-29(4,5)6)27-19(12-15)25(35)16(2)26(38-27)20(13-31)22-14-37-10-9-32-22/h7-8,11-13,17,33H,9-10,14,31H2,1-6H3/b20-13+. The SMILES string of the molecule is Cc1cc(C(C)Nc2ccc(Cl)nc2C(=O)OC(C)(C)C)c2oc(/C(=C/N)C3=NCCOC3)c(C)c(=O)c2c1. The lowest BCUT2D eigenvalue weighted by atomic mass is 9.98. The van der Waals surface area contributed by atoms with Crippen LogP contribution < -0.4 is 16.5 Å². The summed E-state index contributed by atoms with van der Waals surface area (Å²) in [5.74, 6) is -0.259. The van der Waals surface area contributed by atoms with Crippen molar-refractivity contribution in [2.45, 2.75) is 53.2 Å². The maximum Gasteiger partial charge on any atom is 0.359 e. The van der Waals surface area contributed by atoms with Gasteiger partial charge >= 0.3 is 5.97 Å². The number of anilines is 1. The number of esters is 1. The summed E-state index contributed by atoms with van der Waals surface area (Å²) in [7, 11) is 0. The van der Waals surface area contributed by atoms with Crippen molar-refractivity contribution < 1.29 is 18.7 Å². The number of benzene rings is 1. The molecule has 0 aliphatic carbocycles. The summed E-state index contributed by atoms with van der Waals surface area (Å²) >= 11 is 6.11. The van der Waals surface area contributed by atoms with E-state index in [9.17, 15) is 9.59 Å². The Morgan fingerprint density at radius 2 is 2.00 bits per heavy atom. The van der Waals surface area contributed by atoms with Gasteiger partial charge in [-0.3, -0.25) is 9.79 Å². The van der Waals surface area contributed by atoms with Gasteiger partial charge in [0.25, 0.3) is 0 Å². The molecule has 39 heavy (non-hydrogen) atoms. The van der Waals surface area contributed by atoms with E-state index in [-0.39, 0.29) is 22.9 Å². The van der Waals surface area contributed by atoms with Crippen LogP contribution in [0.4, 0.5) is 5.69 Å². The predicted octanol–water partition coefficient (Wildman–Crippen LogP) is 5.36. The van der Waals surface area contributed by atoms with Crippen LogP contribution in [0, 0.1) is 13.8 Å². The van der Waals surface area contributed by atoms with Gasteiger partial charge in [0, 0.05) is 17.3 Å². The molecule has 4 rings (SSSR count).